The molecule has 0 aliphatic carbocycles. The molecule has 0 aliphatic rings. The van der Waals surface area contributed by atoms with E-state index in [4.69, 9.17) is 10.2 Å². The van der Waals surface area contributed by atoms with E-state index in [-0.39, 0.29) is 6.54 Å². The molecule has 0 radical (unpaired) electrons. The van der Waals surface area contributed by atoms with Gasteiger partial charge in [0.15, 0.2) is 0 Å². The van der Waals surface area contributed by atoms with Gasteiger partial charge in [-0.05, 0) is 12.1 Å². The average Bonchev–Trinajstić information content (AvgIpc) is 2.34. The van der Waals surface area contributed by atoms with Crippen molar-refractivity contribution in [2.24, 2.45) is 0 Å². The van der Waals surface area contributed by atoms with Crippen molar-refractivity contribution >= 4 is 17.6 Å². The van der Waals surface area contributed by atoms with Crippen LogP contribution in [0.5, 0.6) is 0 Å². The molecule has 1 amide bonds. The van der Waals surface area contributed by atoms with Gasteiger partial charge in [0.05, 0.1) is 13.2 Å². The molecule has 1 aromatic carbocycles. The van der Waals surface area contributed by atoms with Gasteiger partial charge in [0, 0.05) is 5.69 Å². The fourth-order valence-electron chi connectivity index (χ4n) is 1.17. The molecular weight excluding hydrogens is 224 g/mol. The summed E-state index contributed by atoms with van der Waals surface area (Å²) in [6.07, 6.45) is 0. The Bertz CT molecular complexity index is 380. The van der Waals surface area contributed by atoms with E-state index >= 15 is 0 Å². The Morgan fingerprint density at radius 1 is 1.24 bits per heavy atom. The summed E-state index contributed by atoms with van der Waals surface area (Å²) in [6, 6.07) is 7.78. The summed E-state index contributed by atoms with van der Waals surface area (Å²) in [5.74, 6) is -1.75. The number of hydrogen-bond acceptors (Lipinski definition) is 4. The van der Waals surface area contributed by atoms with Gasteiger partial charge in [0.2, 0.25) is 5.91 Å². The maximum atomic E-state index is 11.3. The van der Waals surface area contributed by atoms with Crippen LogP contribution in [-0.4, -0.2) is 41.3 Å². The van der Waals surface area contributed by atoms with Gasteiger partial charge in [-0.3, -0.25) is 4.79 Å². The van der Waals surface area contributed by atoms with Crippen molar-refractivity contribution in [1.82, 2.24) is 5.32 Å². The number of para-hydroxylation sites is 1. The number of benzene rings is 1. The number of rotatable bonds is 6. The molecule has 0 bridgehead atoms. The minimum atomic E-state index is -1.26. The maximum Gasteiger partial charge on any atom is 0.328 e. The molecule has 1 rings (SSSR count). The first-order valence-corrected chi connectivity index (χ1v) is 5.05. The molecule has 0 aromatic heterocycles. The fraction of sp³-hybridized carbons (Fsp3) is 0.273. The van der Waals surface area contributed by atoms with Gasteiger partial charge in [0.25, 0.3) is 0 Å². The summed E-state index contributed by atoms with van der Waals surface area (Å²) in [6.45, 7) is -0.680. The van der Waals surface area contributed by atoms with Crippen LogP contribution >= 0.6 is 0 Å². The molecule has 0 aliphatic heterocycles. The zero-order chi connectivity index (χ0) is 12.7. The number of hydrogen-bond donors (Lipinski definition) is 4. The zero-order valence-electron chi connectivity index (χ0n) is 9.09. The number of amides is 1. The van der Waals surface area contributed by atoms with Crippen molar-refractivity contribution in [2.45, 2.75) is 6.04 Å². The van der Waals surface area contributed by atoms with Crippen LogP contribution < -0.4 is 10.6 Å². The lowest BCUT2D eigenvalue weighted by Crippen LogP contribution is -2.45. The molecule has 1 atom stereocenters. The highest BCUT2D eigenvalue weighted by molar-refractivity contribution is 5.86. The van der Waals surface area contributed by atoms with Crippen LogP contribution in [0.4, 0.5) is 5.69 Å². The zero-order valence-corrected chi connectivity index (χ0v) is 9.09. The SMILES string of the molecule is O=C(CNc1ccccc1)N[C@@H](CO)C(=O)O. The molecule has 6 nitrogen and oxygen atoms in total. The Morgan fingerprint density at radius 2 is 1.88 bits per heavy atom. The second-order valence-corrected chi connectivity index (χ2v) is 3.36. The van der Waals surface area contributed by atoms with E-state index in [0.29, 0.717) is 0 Å². The second kappa shape index (κ2) is 6.49. The molecule has 4 N–H and O–H groups in total. The maximum absolute atomic E-state index is 11.3. The van der Waals surface area contributed by atoms with Gasteiger partial charge in [-0.2, -0.15) is 0 Å². The van der Waals surface area contributed by atoms with Crippen molar-refractivity contribution in [2.75, 3.05) is 18.5 Å². The lowest BCUT2D eigenvalue weighted by molar-refractivity contribution is -0.142. The minimum absolute atomic E-state index is 0.0478. The lowest BCUT2D eigenvalue weighted by atomic mass is 10.3. The van der Waals surface area contributed by atoms with Crippen LogP contribution in [0.15, 0.2) is 30.3 Å². The first kappa shape index (κ1) is 13.0. The van der Waals surface area contributed by atoms with Gasteiger partial charge in [-0.15, -0.1) is 0 Å². The van der Waals surface area contributed by atoms with E-state index in [1.165, 1.54) is 0 Å². The van der Waals surface area contributed by atoms with Crippen molar-refractivity contribution in [3.8, 4) is 0 Å². The quantitative estimate of drug-likeness (QED) is 0.543. The van der Waals surface area contributed by atoms with E-state index < -0.39 is 24.5 Å². The first-order chi connectivity index (χ1) is 8.13. The summed E-state index contributed by atoms with van der Waals surface area (Å²) < 4.78 is 0. The highest BCUT2D eigenvalue weighted by atomic mass is 16.4. The molecule has 1 aromatic rings. The van der Waals surface area contributed by atoms with Crippen molar-refractivity contribution in [3.63, 3.8) is 0 Å². The fourth-order valence-corrected chi connectivity index (χ4v) is 1.17. The second-order valence-electron chi connectivity index (χ2n) is 3.36. The molecular formula is C11H14N2O4. The van der Waals surface area contributed by atoms with Gasteiger partial charge in [-0.1, -0.05) is 18.2 Å². The van der Waals surface area contributed by atoms with E-state index in [2.05, 4.69) is 10.6 Å². The largest absolute Gasteiger partial charge is 0.480 e. The summed E-state index contributed by atoms with van der Waals surface area (Å²) in [5.41, 5.74) is 0.763. The van der Waals surface area contributed by atoms with E-state index in [1.54, 1.807) is 12.1 Å². The molecule has 0 fully saturated rings. The number of carboxylic acids is 1. The molecule has 0 spiro atoms. The number of aliphatic hydroxyl groups excluding tert-OH is 1. The minimum Gasteiger partial charge on any atom is -0.480 e. The molecule has 17 heavy (non-hydrogen) atoms. The van der Waals surface area contributed by atoms with Gasteiger partial charge >= 0.3 is 5.97 Å². The summed E-state index contributed by atoms with van der Waals surface area (Å²) in [5, 5.41) is 22.3. The Balaban J connectivity index is 2.37. The predicted molar refractivity (Wildman–Crippen MR) is 61.6 cm³/mol. The molecule has 0 saturated heterocycles. The van der Waals surface area contributed by atoms with Crippen LogP contribution in [-0.2, 0) is 9.59 Å². The number of nitrogens with one attached hydrogen (secondary N) is 2. The van der Waals surface area contributed by atoms with Crippen LogP contribution in [0.1, 0.15) is 0 Å². The summed E-state index contributed by atoms with van der Waals surface area (Å²) in [7, 11) is 0. The van der Waals surface area contributed by atoms with Gasteiger partial charge in [-0.25, -0.2) is 4.79 Å². The van der Waals surface area contributed by atoms with Crippen LogP contribution in [0.25, 0.3) is 0 Å². The average molecular weight is 238 g/mol. The predicted octanol–water partition coefficient (Wildman–Crippen LogP) is -0.340. The third-order valence-electron chi connectivity index (χ3n) is 2.04. The van der Waals surface area contributed by atoms with Gasteiger partial charge < -0.3 is 20.8 Å². The third kappa shape index (κ3) is 4.52. The highest BCUT2D eigenvalue weighted by Gasteiger charge is 2.18. The number of aliphatic hydroxyl groups is 1. The topological polar surface area (TPSA) is 98.7 Å². The van der Waals surface area contributed by atoms with Crippen molar-refractivity contribution < 1.29 is 19.8 Å². The summed E-state index contributed by atoms with van der Waals surface area (Å²) >= 11 is 0. The molecule has 6 heteroatoms. The molecule has 0 unspecified atom stereocenters. The van der Waals surface area contributed by atoms with Crippen molar-refractivity contribution in [1.29, 1.82) is 0 Å². The van der Waals surface area contributed by atoms with Crippen LogP contribution in [0.2, 0.25) is 0 Å². The molecule has 0 saturated carbocycles. The number of anilines is 1. The Hall–Kier alpha value is -2.08. The van der Waals surface area contributed by atoms with E-state index in [0.717, 1.165) is 5.69 Å². The Morgan fingerprint density at radius 3 is 2.41 bits per heavy atom. The van der Waals surface area contributed by atoms with Crippen LogP contribution in [0, 0.1) is 0 Å². The normalized spacial score (nSPS) is 11.6. The van der Waals surface area contributed by atoms with Crippen LogP contribution in [0.3, 0.4) is 0 Å². The highest BCUT2D eigenvalue weighted by Crippen LogP contribution is 2.03. The van der Waals surface area contributed by atoms with Crippen molar-refractivity contribution in [3.05, 3.63) is 30.3 Å². The standard InChI is InChI=1S/C11H14N2O4/c14-7-9(11(16)17)13-10(15)6-12-8-4-2-1-3-5-8/h1-5,9,12,14H,6-7H2,(H,13,15)(H,16,17)/t9-/m0/s1. The number of carbonyl (C=O) groups excluding carboxylic acids is 1. The Labute approximate surface area is 98.3 Å². The van der Waals surface area contributed by atoms with Gasteiger partial charge in [0.1, 0.15) is 6.04 Å². The Kier molecular flexibility index (Phi) is 4.96. The third-order valence-corrected chi connectivity index (χ3v) is 2.04. The smallest absolute Gasteiger partial charge is 0.328 e. The molecule has 92 valence electrons. The number of carbonyl (C=O) groups is 2. The summed E-state index contributed by atoms with van der Waals surface area (Å²) in [4.78, 5) is 21.9. The van der Waals surface area contributed by atoms with E-state index in [1.807, 2.05) is 18.2 Å². The lowest BCUT2D eigenvalue weighted by Gasteiger charge is -2.12. The number of aliphatic carboxylic acids is 1. The number of carboxylic acid groups (broad SMARTS) is 1. The monoisotopic (exact) mass is 238 g/mol. The molecule has 0 heterocycles. The van der Waals surface area contributed by atoms with E-state index in [9.17, 15) is 9.59 Å². The first-order valence-electron chi connectivity index (χ1n) is 5.05.